The Hall–Kier alpha value is -3.39. The molecule has 0 bridgehead atoms. The maximum Gasteiger partial charge on any atom is 0.412 e. The van der Waals surface area contributed by atoms with Crippen molar-refractivity contribution in [1.82, 2.24) is 10.2 Å². The first kappa shape index (κ1) is 21.8. The Kier molecular flexibility index (Phi) is 5.64. The first-order chi connectivity index (χ1) is 15.2. The second-order valence-corrected chi connectivity index (χ2v) is 8.49. The van der Waals surface area contributed by atoms with Gasteiger partial charge < -0.3 is 10.0 Å². The number of anilines is 1. The van der Waals surface area contributed by atoms with Gasteiger partial charge in [0.25, 0.3) is 5.91 Å². The second kappa shape index (κ2) is 8.27. The molecule has 2 N–H and O–H groups in total. The Morgan fingerprint density at radius 3 is 2.62 bits per heavy atom. The molecule has 2 aromatic carbocycles. The van der Waals surface area contributed by atoms with Gasteiger partial charge in [-0.15, -0.1) is 0 Å². The van der Waals surface area contributed by atoms with E-state index in [-0.39, 0.29) is 37.7 Å². The fraction of sp³-hybridized carbons (Fsp3) is 0.304. The summed E-state index contributed by atoms with van der Waals surface area (Å²) in [6, 6.07) is 7.95. The number of imide groups is 1. The molecule has 1 unspecified atom stereocenters. The molecule has 2 aromatic rings. The van der Waals surface area contributed by atoms with E-state index < -0.39 is 18.0 Å². The minimum absolute atomic E-state index is 0.0412. The molecule has 2 heterocycles. The molecule has 2 aliphatic heterocycles. The van der Waals surface area contributed by atoms with Crippen LogP contribution in [0.4, 0.5) is 10.5 Å². The molecule has 2 aliphatic rings. The van der Waals surface area contributed by atoms with E-state index in [9.17, 15) is 24.3 Å². The van der Waals surface area contributed by atoms with Crippen molar-refractivity contribution in [3.63, 3.8) is 0 Å². The minimum Gasteiger partial charge on any atom is -0.465 e. The number of piperidine rings is 1. The highest BCUT2D eigenvalue weighted by atomic mass is 35.5. The van der Waals surface area contributed by atoms with Crippen LogP contribution in [-0.2, 0) is 22.7 Å². The summed E-state index contributed by atoms with van der Waals surface area (Å²) in [4.78, 5) is 51.5. The van der Waals surface area contributed by atoms with E-state index in [4.69, 9.17) is 11.6 Å². The van der Waals surface area contributed by atoms with Crippen LogP contribution in [0.5, 0.6) is 0 Å². The Morgan fingerprint density at radius 1 is 1.22 bits per heavy atom. The fourth-order valence-corrected chi connectivity index (χ4v) is 4.41. The molecule has 4 rings (SSSR count). The minimum atomic E-state index is -1.14. The van der Waals surface area contributed by atoms with Crippen LogP contribution in [-0.4, -0.2) is 39.9 Å². The molecular weight excluding hydrogens is 434 g/mol. The van der Waals surface area contributed by atoms with Crippen molar-refractivity contribution in [3.05, 3.63) is 63.2 Å². The molecule has 32 heavy (non-hydrogen) atoms. The number of hydrogen-bond acceptors (Lipinski definition) is 4. The van der Waals surface area contributed by atoms with E-state index in [1.165, 1.54) is 9.80 Å². The van der Waals surface area contributed by atoms with Crippen LogP contribution in [0.25, 0.3) is 0 Å². The van der Waals surface area contributed by atoms with Gasteiger partial charge in [-0.1, -0.05) is 29.8 Å². The zero-order chi connectivity index (χ0) is 23.2. The first-order valence-electron chi connectivity index (χ1n) is 10.2. The predicted molar refractivity (Wildman–Crippen MR) is 118 cm³/mol. The van der Waals surface area contributed by atoms with E-state index in [1.54, 1.807) is 37.3 Å². The zero-order valence-electron chi connectivity index (χ0n) is 17.6. The zero-order valence-corrected chi connectivity index (χ0v) is 18.4. The lowest BCUT2D eigenvalue weighted by Gasteiger charge is -2.29. The summed E-state index contributed by atoms with van der Waals surface area (Å²) in [5, 5.41) is 12.5. The van der Waals surface area contributed by atoms with E-state index in [0.717, 1.165) is 11.1 Å². The number of carboxylic acid groups (broad SMARTS) is 1. The number of carbonyl (C=O) groups is 4. The van der Waals surface area contributed by atoms with Crippen LogP contribution in [0.3, 0.4) is 0 Å². The van der Waals surface area contributed by atoms with Gasteiger partial charge in [0.1, 0.15) is 6.04 Å². The van der Waals surface area contributed by atoms with Crippen LogP contribution in [0.15, 0.2) is 30.3 Å². The molecule has 0 spiro atoms. The third kappa shape index (κ3) is 3.82. The number of fused-ring (bicyclic) bond motifs is 1. The lowest BCUT2D eigenvalue weighted by atomic mass is 9.98. The number of halogens is 1. The number of amides is 4. The molecule has 1 fully saturated rings. The summed E-state index contributed by atoms with van der Waals surface area (Å²) in [5.41, 5.74) is 3.90. The third-order valence-corrected chi connectivity index (χ3v) is 6.50. The van der Waals surface area contributed by atoms with E-state index >= 15 is 0 Å². The number of nitrogens with zero attached hydrogens (tertiary/aromatic N) is 2. The summed E-state index contributed by atoms with van der Waals surface area (Å²) in [7, 11) is 0. The summed E-state index contributed by atoms with van der Waals surface area (Å²) in [5.74, 6) is -1.08. The Bertz CT molecular complexity index is 1160. The molecule has 1 atom stereocenters. The van der Waals surface area contributed by atoms with Crippen molar-refractivity contribution in [3.8, 4) is 0 Å². The summed E-state index contributed by atoms with van der Waals surface area (Å²) < 4.78 is 0. The largest absolute Gasteiger partial charge is 0.465 e. The van der Waals surface area contributed by atoms with Gasteiger partial charge in [0, 0.05) is 29.2 Å². The molecule has 9 heteroatoms. The molecule has 4 amide bonds. The molecule has 0 radical (unpaired) electrons. The standard InChI is InChI=1S/C23H22ClN3O5/c1-12-3-6-16(9-17(12)24)26(23(31)32)10-14-4-5-15-11-27(22(30)20(15)13(14)2)18-7-8-19(28)25-21(18)29/h3-6,9,18H,7-8,10-11H2,1-2H3,(H,31,32)(H,25,28,29). The number of carbonyl (C=O) groups excluding carboxylic acids is 3. The van der Waals surface area contributed by atoms with Crippen molar-refractivity contribution in [2.45, 2.75) is 45.8 Å². The predicted octanol–water partition coefficient (Wildman–Crippen LogP) is 3.40. The van der Waals surface area contributed by atoms with Crippen LogP contribution >= 0.6 is 11.6 Å². The smallest absolute Gasteiger partial charge is 0.412 e. The van der Waals surface area contributed by atoms with Gasteiger partial charge in [-0.25, -0.2) is 4.79 Å². The monoisotopic (exact) mass is 455 g/mol. The molecule has 0 aromatic heterocycles. The van der Waals surface area contributed by atoms with Gasteiger partial charge in [-0.2, -0.15) is 0 Å². The van der Waals surface area contributed by atoms with E-state index in [2.05, 4.69) is 5.32 Å². The van der Waals surface area contributed by atoms with Gasteiger partial charge in [-0.05, 0) is 54.7 Å². The first-order valence-corrected chi connectivity index (χ1v) is 10.6. The summed E-state index contributed by atoms with van der Waals surface area (Å²) >= 11 is 6.18. The Balaban J connectivity index is 1.62. The van der Waals surface area contributed by atoms with E-state index in [0.29, 0.717) is 27.4 Å². The topological polar surface area (TPSA) is 107 Å². The fourth-order valence-electron chi connectivity index (χ4n) is 4.23. The summed E-state index contributed by atoms with van der Waals surface area (Å²) in [6.45, 7) is 3.93. The highest BCUT2D eigenvalue weighted by Gasteiger charge is 2.40. The molecule has 1 saturated heterocycles. The average Bonchev–Trinajstić information content (AvgIpc) is 3.06. The lowest BCUT2D eigenvalue weighted by molar-refractivity contribution is -0.136. The number of aryl methyl sites for hydroxylation is 1. The third-order valence-electron chi connectivity index (χ3n) is 6.09. The SMILES string of the molecule is Cc1ccc(N(Cc2ccc3c(c2C)C(=O)N(C2CCC(=O)NC2=O)C3)C(=O)O)cc1Cl. The highest BCUT2D eigenvalue weighted by Crippen LogP contribution is 2.32. The quantitative estimate of drug-likeness (QED) is 0.687. The highest BCUT2D eigenvalue weighted by molar-refractivity contribution is 6.31. The second-order valence-electron chi connectivity index (χ2n) is 8.09. The van der Waals surface area contributed by atoms with Crippen LogP contribution < -0.4 is 10.2 Å². The number of benzene rings is 2. The summed E-state index contributed by atoms with van der Waals surface area (Å²) in [6.07, 6.45) is -0.661. The van der Waals surface area contributed by atoms with Crippen LogP contribution in [0, 0.1) is 13.8 Å². The van der Waals surface area contributed by atoms with Crippen molar-refractivity contribution < 1.29 is 24.3 Å². The average molecular weight is 456 g/mol. The number of rotatable bonds is 4. The van der Waals surface area contributed by atoms with E-state index in [1.807, 2.05) is 6.92 Å². The maximum absolute atomic E-state index is 13.2. The van der Waals surface area contributed by atoms with Gasteiger partial charge in [0.05, 0.1) is 6.54 Å². The molecular formula is C23H22ClN3O5. The molecule has 166 valence electrons. The number of nitrogens with one attached hydrogen (secondary N) is 1. The van der Waals surface area contributed by atoms with Crippen LogP contribution in [0.2, 0.25) is 5.02 Å². The lowest BCUT2D eigenvalue weighted by Crippen LogP contribution is -2.52. The van der Waals surface area contributed by atoms with Crippen molar-refractivity contribution in [2.24, 2.45) is 0 Å². The maximum atomic E-state index is 13.2. The Morgan fingerprint density at radius 2 is 1.97 bits per heavy atom. The van der Waals surface area contributed by atoms with Crippen molar-refractivity contribution in [2.75, 3.05) is 4.90 Å². The van der Waals surface area contributed by atoms with Crippen molar-refractivity contribution in [1.29, 1.82) is 0 Å². The van der Waals surface area contributed by atoms with Gasteiger partial charge in [-0.3, -0.25) is 24.6 Å². The molecule has 0 aliphatic carbocycles. The Labute approximate surface area is 189 Å². The van der Waals surface area contributed by atoms with Gasteiger partial charge >= 0.3 is 6.09 Å². The normalized spacial score (nSPS) is 17.9. The van der Waals surface area contributed by atoms with Gasteiger partial charge in [0.15, 0.2) is 0 Å². The van der Waals surface area contributed by atoms with Gasteiger partial charge in [0.2, 0.25) is 11.8 Å². The van der Waals surface area contributed by atoms with Crippen molar-refractivity contribution >= 4 is 41.1 Å². The molecule has 0 saturated carbocycles. The number of hydrogen-bond donors (Lipinski definition) is 2. The molecule has 8 nitrogen and oxygen atoms in total. The van der Waals surface area contributed by atoms with Crippen LogP contribution in [0.1, 0.15) is 45.5 Å².